The van der Waals surface area contributed by atoms with E-state index in [2.05, 4.69) is 12.6 Å². The number of carbonyl (C=O) groups is 1. The molecule has 0 rings (SSSR count). The third-order valence-electron chi connectivity index (χ3n) is 0.707. The predicted octanol–water partition coefficient (Wildman–Crippen LogP) is 0.695. The maximum Gasteiger partial charge on any atom is 0.254 e. The zero-order valence-corrected chi connectivity index (χ0v) is 5.83. The number of hydrogen-bond donors (Lipinski definition) is 2. The molecule has 0 aliphatic rings. The molecular weight excluding hydrogens is 122 g/mol. The monoisotopic (exact) mass is 131 g/mol. The van der Waals surface area contributed by atoms with Crippen LogP contribution in [0, 0.1) is 0 Å². The van der Waals surface area contributed by atoms with Crippen molar-refractivity contribution in [2.45, 2.75) is 13.8 Å². The highest BCUT2D eigenvalue weighted by molar-refractivity contribution is 7.85. The van der Waals surface area contributed by atoms with Gasteiger partial charge in [0.1, 0.15) is 0 Å². The summed E-state index contributed by atoms with van der Waals surface area (Å²) in [7, 11) is 0. The Bertz CT molecular complexity index is 135. The highest BCUT2D eigenvalue weighted by Crippen LogP contribution is 2.04. The van der Waals surface area contributed by atoms with Gasteiger partial charge in [0.25, 0.3) is 5.91 Å². The zero-order valence-electron chi connectivity index (χ0n) is 4.93. The van der Waals surface area contributed by atoms with Crippen LogP contribution in [0.5, 0.6) is 0 Å². The quantitative estimate of drug-likeness (QED) is 0.399. The van der Waals surface area contributed by atoms with Crippen molar-refractivity contribution in [3.63, 3.8) is 0 Å². The smallest absolute Gasteiger partial charge is 0.254 e. The molecule has 0 spiro atoms. The van der Waals surface area contributed by atoms with Crippen molar-refractivity contribution >= 4 is 18.5 Å². The van der Waals surface area contributed by atoms with Gasteiger partial charge >= 0.3 is 0 Å². The molecular formula is C5H9NOS. The molecule has 46 valence electrons. The van der Waals surface area contributed by atoms with Crippen LogP contribution < -0.4 is 5.73 Å². The third-order valence-corrected chi connectivity index (χ3v) is 1.37. The Morgan fingerprint density at radius 1 is 1.50 bits per heavy atom. The van der Waals surface area contributed by atoms with Crippen molar-refractivity contribution in [2.24, 2.45) is 5.73 Å². The zero-order chi connectivity index (χ0) is 6.73. The van der Waals surface area contributed by atoms with Crippen LogP contribution in [0.2, 0.25) is 0 Å². The molecule has 3 heteroatoms. The molecule has 0 aromatic carbocycles. The number of carbonyl (C=O) groups excluding carboxylic acids is 1. The molecule has 0 unspecified atom stereocenters. The molecule has 0 aromatic heterocycles. The van der Waals surface area contributed by atoms with Crippen LogP contribution in [-0.4, -0.2) is 5.91 Å². The summed E-state index contributed by atoms with van der Waals surface area (Å²) >= 11 is 3.82. The van der Waals surface area contributed by atoms with Crippen molar-refractivity contribution in [2.75, 3.05) is 0 Å². The second kappa shape index (κ2) is 2.77. The van der Waals surface area contributed by atoms with Gasteiger partial charge in [-0.05, 0) is 13.8 Å². The number of thiol groups is 1. The molecule has 0 saturated heterocycles. The number of amides is 1. The number of rotatable bonds is 1. The van der Waals surface area contributed by atoms with Gasteiger partial charge in [0.05, 0.1) is 4.91 Å². The Morgan fingerprint density at radius 2 is 1.88 bits per heavy atom. The largest absolute Gasteiger partial charge is 0.365 e. The summed E-state index contributed by atoms with van der Waals surface area (Å²) in [5, 5.41) is 0. The van der Waals surface area contributed by atoms with E-state index in [0.29, 0.717) is 4.91 Å². The molecule has 0 saturated carbocycles. The third kappa shape index (κ3) is 2.02. The lowest BCUT2D eigenvalue weighted by Crippen LogP contribution is -2.11. The van der Waals surface area contributed by atoms with Crippen LogP contribution in [0.25, 0.3) is 0 Å². The summed E-state index contributed by atoms with van der Waals surface area (Å²) < 4.78 is 0. The molecule has 2 nitrogen and oxygen atoms in total. The fraction of sp³-hybridized carbons (Fsp3) is 0.400. The molecule has 0 aliphatic carbocycles. The average Bonchev–Trinajstić information content (AvgIpc) is 1.64. The van der Waals surface area contributed by atoms with Gasteiger partial charge in [-0.15, -0.1) is 12.6 Å². The minimum Gasteiger partial charge on any atom is -0.365 e. The molecule has 0 atom stereocenters. The number of hydrogen-bond acceptors (Lipinski definition) is 2. The number of allylic oxidation sites excluding steroid dienone is 1. The summed E-state index contributed by atoms with van der Waals surface area (Å²) in [6.45, 7) is 3.57. The van der Waals surface area contributed by atoms with Gasteiger partial charge in [0, 0.05) is 0 Å². The van der Waals surface area contributed by atoms with E-state index in [1.165, 1.54) is 0 Å². The second-order valence-electron chi connectivity index (χ2n) is 1.71. The van der Waals surface area contributed by atoms with E-state index in [-0.39, 0.29) is 0 Å². The molecule has 1 amide bonds. The maximum atomic E-state index is 10.2. The van der Waals surface area contributed by atoms with E-state index in [9.17, 15) is 4.79 Å². The van der Waals surface area contributed by atoms with E-state index in [4.69, 9.17) is 5.73 Å². The molecule has 2 N–H and O–H groups in total. The van der Waals surface area contributed by atoms with Crippen LogP contribution in [0.15, 0.2) is 10.5 Å². The van der Waals surface area contributed by atoms with Gasteiger partial charge < -0.3 is 5.73 Å². The topological polar surface area (TPSA) is 43.1 Å². The lowest BCUT2D eigenvalue weighted by molar-refractivity contribution is -0.113. The predicted molar refractivity (Wildman–Crippen MR) is 36.6 cm³/mol. The normalized spacial score (nSPS) is 8.38. The molecule has 0 fully saturated rings. The van der Waals surface area contributed by atoms with Crippen molar-refractivity contribution in [1.29, 1.82) is 0 Å². The van der Waals surface area contributed by atoms with Gasteiger partial charge in [-0.25, -0.2) is 0 Å². The van der Waals surface area contributed by atoms with Crippen molar-refractivity contribution in [3.05, 3.63) is 10.5 Å². The lowest BCUT2D eigenvalue weighted by Gasteiger charge is -1.92. The Balaban J connectivity index is 4.23. The Hall–Kier alpha value is -0.440. The Kier molecular flexibility index (Phi) is 2.62. The first-order chi connectivity index (χ1) is 3.55. The van der Waals surface area contributed by atoms with Gasteiger partial charge in [-0.1, -0.05) is 5.57 Å². The first kappa shape index (κ1) is 7.56. The van der Waals surface area contributed by atoms with Crippen molar-refractivity contribution in [1.82, 2.24) is 0 Å². The highest BCUT2D eigenvalue weighted by Gasteiger charge is 1.97. The second-order valence-corrected chi connectivity index (χ2v) is 2.16. The van der Waals surface area contributed by atoms with Crippen LogP contribution in [0.1, 0.15) is 13.8 Å². The van der Waals surface area contributed by atoms with Crippen molar-refractivity contribution < 1.29 is 4.79 Å². The van der Waals surface area contributed by atoms with E-state index in [1.54, 1.807) is 13.8 Å². The van der Waals surface area contributed by atoms with Crippen LogP contribution >= 0.6 is 12.6 Å². The first-order valence-electron chi connectivity index (χ1n) is 2.22. The SMILES string of the molecule is CC(C)=C(S)C(N)=O. The molecule has 0 radical (unpaired) electrons. The summed E-state index contributed by atoms with van der Waals surface area (Å²) in [5.41, 5.74) is 5.71. The van der Waals surface area contributed by atoms with Gasteiger partial charge in [0.15, 0.2) is 0 Å². The van der Waals surface area contributed by atoms with E-state index in [1.807, 2.05) is 0 Å². The number of primary amides is 1. The minimum atomic E-state index is -0.465. The van der Waals surface area contributed by atoms with Crippen molar-refractivity contribution in [3.8, 4) is 0 Å². The number of nitrogens with two attached hydrogens (primary N) is 1. The van der Waals surface area contributed by atoms with E-state index < -0.39 is 5.91 Å². The minimum absolute atomic E-state index is 0.352. The van der Waals surface area contributed by atoms with Gasteiger partial charge in [0.2, 0.25) is 0 Å². The fourth-order valence-electron chi connectivity index (χ4n) is 0.246. The lowest BCUT2D eigenvalue weighted by atomic mass is 10.3. The maximum absolute atomic E-state index is 10.2. The van der Waals surface area contributed by atoms with Crippen LogP contribution in [0.3, 0.4) is 0 Å². The Morgan fingerprint density at radius 3 is 1.88 bits per heavy atom. The summed E-state index contributed by atoms with van der Waals surface area (Å²) in [4.78, 5) is 10.6. The summed E-state index contributed by atoms with van der Waals surface area (Å²) in [5.74, 6) is -0.465. The molecule has 8 heavy (non-hydrogen) atoms. The van der Waals surface area contributed by atoms with Crippen LogP contribution in [0.4, 0.5) is 0 Å². The molecule has 0 bridgehead atoms. The standard InChI is InChI=1S/C5H9NOS/c1-3(2)4(8)5(6)7/h8H,1-2H3,(H2,6,7). The summed E-state index contributed by atoms with van der Waals surface area (Å²) in [6, 6.07) is 0. The molecule has 0 aliphatic heterocycles. The summed E-state index contributed by atoms with van der Waals surface area (Å²) in [6.07, 6.45) is 0. The average molecular weight is 131 g/mol. The fourth-order valence-corrected chi connectivity index (χ4v) is 0.246. The van der Waals surface area contributed by atoms with Gasteiger partial charge in [-0.3, -0.25) is 4.79 Å². The Labute approximate surface area is 54.2 Å². The van der Waals surface area contributed by atoms with E-state index in [0.717, 1.165) is 5.57 Å². The first-order valence-corrected chi connectivity index (χ1v) is 2.66. The van der Waals surface area contributed by atoms with Gasteiger partial charge in [-0.2, -0.15) is 0 Å². The van der Waals surface area contributed by atoms with E-state index >= 15 is 0 Å². The molecule has 0 aromatic rings. The van der Waals surface area contributed by atoms with Crippen LogP contribution in [-0.2, 0) is 4.79 Å². The highest BCUT2D eigenvalue weighted by atomic mass is 32.1. The molecule has 0 heterocycles.